The first-order valence-electron chi connectivity index (χ1n) is 7.26. The largest absolute Gasteiger partial charge is 0.544 e. The number of H-pyrrole nitrogens is 1. The van der Waals surface area contributed by atoms with Gasteiger partial charge in [-0.3, -0.25) is 5.10 Å². The second-order valence-electron chi connectivity index (χ2n) is 5.05. The van der Waals surface area contributed by atoms with Gasteiger partial charge in [-0.1, -0.05) is 19.1 Å². The molecule has 0 unspecified atom stereocenters. The first-order chi connectivity index (χ1) is 11.0. The van der Waals surface area contributed by atoms with Crippen molar-refractivity contribution in [2.24, 2.45) is 0 Å². The van der Waals surface area contributed by atoms with Gasteiger partial charge in [-0.05, 0) is 49.4 Å². The smallest absolute Gasteiger partial charge is 0.213 e. The van der Waals surface area contributed by atoms with Crippen molar-refractivity contribution in [3.05, 3.63) is 40.6 Å². The Kier molecular flexibility index (Phi) is 5.81. The Bertz CT molecular complexity index is 693. The molecule has 1 aromatic heterocycles. The maximum Gasteiger partial charge on any atom is 0.213 e. The lowest BCUT2D eigenvalue weighted by molar-refractivity contribution is -0.297. The predicted molar refractivity (Wildman–Crippen MR) is 86.8 cm³/mol. The first kappa shape index (κ1) is 17.1. The highest BCUT2D eigenvalue weighted by Gasteiger charge is 2.08. The summed E-state index contributed by atoms with van der Waals surface area (Å²) in [5, 5.41) is 18.4. The summed E-state index contributed by atoms with van der Waals surface area (Å²) in [6, 6.07) is 7.17. The maximum atomic E-state index is 11.3. The molecule has 6 nitrogen and oxygen atoms in total. The third-order valence-electron chi connectivity index (χ3n) is 2.80. The van der Waals surface area contributed by atoms with Crippen LogP contribution in [0.1, 0.15) is 32.2 Å². The van der Waals surface area contributed by atoms with Gasteiger partial charge in [-0.25, -0.2) is 4.98 Å². The van der Waals surface area contributed by atoms with E-state index in [-0.39, 0.29) is 11.0 Å². The normalized spacial score (nSPS) is 11.7. The minimum absolute atomic E-state index is 0.0455. The molecule has 0 radical (unpaired) electrons. The number of aromatic amines is 1. The predicted octanol–water partition coefficient (Wildman–Crippen LogP) is 2.04. The van der Waals surface area contributed by atoms with Crippen molar-refractivity contribution in [2.45, 2.75) is 38.5 Å². The van der Waals surface area contributed by atoms with E-state index < -0.39 is 5.97 Å². The average Bonchev–Trinajstić information content (AvgIpc) is 2.95. The lowest BCUT2D eigenvalue weighted by atomic mass is 10.2. The number of carboxylic acid groups (broad SMARTS) is 1. The van der Waals surface area contributed by atoms with Crippen molar-refractivity contribution in [1.82, 2.24) is 15.2 Å². The summed E-state index contributed by atoms with van der Waals surface area (Å²) in [5.74, 6) is 0.182. The summed E-state index contributed by atoms with van der Waals surface area (Å²) in [6.45, 7) is 5.82. The summed E-state index contributed by atoms with van der Waals surface area (Å²) < 4.78 is 5.55. The van der Waals surface area contributed by atoms with Crippen LogP contribution in [0, 0.1) is 0 Å². The maximum absolute atomic E-state index is 11.3. The van der Waals surface area contributed by atoms with E-state index in [9.17, 15) is 9.90 Å². The van der Waals surface area contributed by atoms with Crippen molar-refractivity contribution >= 4 is 23.8 Å². The van der Waals surface area contributed by atoms with E-state index in [4.69, 9.17) is 4.74 Å². The molecule has 1 aromatic carbocycles. The number of thioether (sulfide) groups is 1. The van der Waals surface area contributed by atoms with E-state index in [1.807, 2.05) is 20.8 Å². The van der Waals surface area contributed by atoms with Gasteiger partial charge in [0.25, 0.3) is 0 Å². The fraction of sp³-hybridized carbons (Fsp3) is 0.312. The summed E-state index contributed by atoms with van der Waals surface area (Å²) in [4.78, 5) is 15.5. The third-order valence-corrected chi connectivity index (χ3v) is 3.67. The van der Waals surface area contributed by atoms with Crippen LogP contribution in [-0.4, -0.2) is 27.3 Å². The monoisotopic (exact) mass is 332 g/mol. The van der Waals surface area contributed by atoms with E-state index in [2.05, 4.69) is 15.2 Å². The number of aliphatic carboxylic acids is 1. The van der Waals surface area contributed by atoms with Crippen molar-refractivity contribution in [2.75, 3.05) is 0 Å². The van der Waals surface area contributed by atoms with Gasteiger partial charge in [0.05, 0.1) is 12.1 Å². The summed E-state index contributed by atoms with van der Waals surface area (Å²) in [5.41, 5.74) is 0.735. The molecular weight excluding hydrogens is 314 g/mol. The minimum Gasteiger partial charge on any atom is -0.544 e. The van der Waals surface area contributed by atoms with Crippen LogP contribution in [-0.2, 0) is 11.2 Å². The zero-order chi connectivity index (χ0) is 16.8. The van der Waals surface area contributed by atoms with Crippen molar-refractivity contribution in [1.29, 1.82) is 0 Å². The number of carbonyl (C=O) groups excluding carboxylic acids is 1. The number of benzene rings is 1. The van der Waals surface area contributed by atoms with Gasteiger partial charge in [-0.15, -0.1) is 5.10 Å². The van der Waals surface area contributed by atoms with Gasteiger partial charge in [0.1, 0.15) is 11.6 Å². The van der Waals surface area contributed by atoms with E-state index in [0.717, 1.165) is 23.1 Å². The molecule has 0 fully saturated rings. The van der Waals surface area contributed by atoms with E-state index in [1.165, 1.54) is 6.08 Å². The Morgan fingerprint density at radius 1 is 1.39 bits per heavy atom. The number of hydrogen-bond acceptors (Lipinski definition) is 6. The molecular formula is C16H18N3O3S-. The van der Waals surface area contributed by atoms with Crippen LogP contribution >= 0.6 is 11.8 Å². The molecule has 122 valence electrons. The van der Waals surface area contributed by atoms with Gasteiger partial charge in [0.15, 0.2) is 0 Å². The molecule has 0 saturated carbocycles. The van der Waals surface area contributed by atoms with E-state index in [1.54, 1.807) is 24.3 Å². The molecule has 2 rings (SSSR count). The number of hydrogen-bond donors (Lipinski definition) is 1. The molecule has 2 aromatic rings. The second-order valence-corrected chi connectivity index (χ2v) is 6.06. The van der Waals surface area contributed by atoms with E-state index >= 15 is 0 Å². The molecule has 7 heteroatoms. The van der Waals surface area contributed by atoms with Crippen molar-refractivity contribution in [3.8, 4) is 5.75 Å². The lowest BCUT2D eigenvalue weighted by Crippen LogP contribution is -2.23. The Morgan fingerprint density at radius 3 is 2.61 bits per heavy atom. The van der Waals surface area contributed by atoms with Crippen molar-refractivity contribution < 1.29 is 14.6 Å². The number of ether oxygens (including phenoxy) is 1. The Balaban J connectivity index is 2.16. The van der Waals surface area contributed by atoms with Gasteiger partial charge >= 0.3 is 0 Å². The zero-order valence-corrected chi connectivity index (χ0v) is 14.0. The second kappa shape index (κ2) is 7.82. The van der Waals surface area contributed by atoms with Crippen LogP contribution in [0.2, 0.25) is 0 Å². The minimum atomic E-state index is -1.26. The van der Waals surface area contributed by atoms with Crippen molar-refractivity contribution in [3.63, 3.8) is 0 Å². The quantitative estimate of drug-likeness (QED) is 0.616. The topological polar surface area (TPSA) is 90.9 Å². The Labute approximate surface area is 139 Å². The molecule has 0 aliphatic carbocycles. The van der Waals surface area contributed by atoms with Gasteiger partial charge in [0, 0.05) is 11.3 Å². The fourth-order valence-electron chi connectivity index (χ4n) is 1.78. The summed E-state index contributed by atoms with van der Waals surface area (Å²) in [6.07, 6.45) is 2.32. The average molecular weight is 332 g/mol. The van der Waals surface area contributed by atoms with Gasteiger partial charge < -0.3 is 14.6 Å². The SMILES string of the molecule is CCc1nc(S/C(=C\c2ccc(OC(C)C)cc2)C(=O)[O-])n[nH]1. The number of aromatic nitrogens is 3. The van der Waals surface area contributed by atoms with Crippen LogP contribution in [0.3, 0.4) is 0 Å². The third kappa shape index (κ3) is 5.14. The molecule has 0 atom stereocenters. The van der Waals surface area contributed by atoms with Gasteiger partial charge in [0.2, 0.25) is 5.16 Å². The fourth-order valence-corrected chi connectivity index (χ4v) is 2.50. The van der Waals surface area contributed by atoms with Crippen LogP contribution in [0.25, 0.3) is 6.08 Å². The number of nitrogens with one attached hydrogen (secondary N) is 1. The first-order valence-corrected chi connectivity index (χ1v) is 8.08. The number of nitrogens with zero attached hydrogens (tertiary/aromatic N) is 2. The highest BCUT2D eigenvalue weighted by Crippen LogP contribution is 2.25. The molecule has 0 aliphatic rings. The van der Waals surface area contributed by atoms with Crippen LogP contribution in [0.5, 0.6) is 5.75 Å². The number of carboxylic acids is 1. The summed E-state index contributed by atoms with van der Waals surface area (Å²) >= 11 is 0.957. The molecule has 0 amide bonds. The van der Waals surface area contributed by atoms with Crippen LogP contribution < -0.4 is 9.84 Å². The molecule has 0 saturated heterocycles. The molecule has 1 N–H and O–H groups in total. The highest BCUT2D eigenvalue weighted by atomic mass is 32.2. The standard InChI is InChI=1S/C16H19N3O3S/c1-4-14-17-16(19-18-14)23-13(15(20)21)9-11-5-7-12(8-6-11)22-10(2)3/h5-10H,4H2,1-3H3,(H,20,21)(H,17,18,19)/p-1/b13-9-. The lowest BCUT2D eigenvalue weighted by Gasteiger charge is -2.10. The summed E-state index contributed by atoms with van der Waals surface area (Å²) in [7, 11) is 0. The van der Waals surface area contributed by atoms with E-state index in [0.29, 0.717) is 17.4 Å². The highest BCUT2D eigenvalue weighted by molar-refractivity contribution is 8.04. The molecule has 23 heavy (non-hydrogen) atoms. The molecule has 0 bridgehead atoms. The number of rotatable bonds is 7. The Morgan fingerprint density at radius 2 is 2.09 bits per heavy atom. The Hall–Kier alpha value is -2.28. The molecule has 1 heterocycles. The number of aryl methyl sites for hydroxylation is 1. The number of carbonyl (C=O) groups is 1. The van der Waals surface area contributed by atoms with Crippen LogP contribution in [0.15, 0.2) is 34.3 Å². The zero-order valence-electron chi connectivity index (χ0n) is 13.2. The molecule has 0 spiro atoms. The van der Waals surface area contributed by atoms with Gasteiger partial charge in [-0.2, -0.15) is 0 Å². The molecule has 0 aliphatic heterocycles. The van der Waals surface area contributed by atoms with Crippen LogP contribution in [0.4, 0.5) is 0 Å².